The van der Waals surface area contributed by atoms with Crippen LogP contribution in [0.5, 0.6) is 11.5 Å². The summed E-state index contributed by atoms with van der Waals surface area (Å²) in [5, 5.41) is 14.7. The van der Waals surface area contributed by atoms with Crippen molar-refractivity contribution in [2.75, 3.05) is 23.8 Å². The van der Waals surface area contributed by atoms with Crippen molar-refractivity contribution < 1.29 is 41.1 Å². The van der Waals surface area contributed by atoms with E-state index in [2.05, 4.69) is 17.2 Å². The van der Waals surface area contributed by atoms with Gasteiger partial charge in [0.05, 0.1) is 13.2 Å². The molecule has 154 valence electrons. The zero-order chi connectivity index (χ0) is 20.9. The summed E-state index contributed by atoms with van der Waals surface area (Å²) in [6, 6.07) is 15.3. The molecule has 2 aromatic rings. The molecule has 0 aliphatic heterocycles. The van der Waals surface area contributed by atoms with E-state index >= 15 is 0 Å². The zero-order valence-corrected chi connectivity index (χ0v) is 19.2. The minimum Gasteiger partial charge on any atom is -0.494 e. The molecule has 2 aromatic carbocycles. The number of carboxylic acid groups (broad SMARTS) is 1. The molecular formula is C21H26N2O4STi. The second kappa shape index (κ2) is 14.6. The molecule has 0 aliphatic rings. The summed E-state index contributed by atoms with van der Waals surface area (Å²) in [7, 11) is 0. The molecule has 6 nitrogen and oxygen atoms in total. The maximum atomic E-state index is 9.60. The fourth-order valence-corrected chi connectivity index (χ4v) is 2.13. The summed E-state index contributed by atoms with van der Waals surface area (Å²) in [6.45, 7) is 9.84. The number of thiocarbonyl (C=S) groups is 1. The van der Waals surface area contributed by atoms with Gasteiger partial charge >= 0.3 is 5.97 Å². The number of hydrogen-bond donors (Lipinski definition) is 3. The van der Waals surface area contributed by atoms with E-state index in [-0.39, 0.29) is 27.3 Å². The fourth-order valence-electron chi connectivity index (χ4n) is 1.90. The molecule has 8 heteroatoms. The number of nitrogens with one attached hydrogen (secondary N) is 2. The Morgan fingerprint density at radius 2 is 1.24 bits per heavy atom. The van der Waals surface area contributed by atoms with Crippen LogP contribution in [0.15, 0.2) is 60.7 Å². The number of carboxylic acids is 1. The van der Waals surface area contributed by atoms with Gasteiger partial charge in [-0.25, -0.2) is 4.79 Å². The number of anilines is 2. The van der Waals surface area contributed by atoms with E-state index in [4.69, 9.17) is 26.8 Å². The Morgan fingerprint density at radius 1 is 0.931 bits per heavy atom. The predicted molar refractivity (Wildman–Crippen MR) is 118 cm³/mol. The van der Waals surface area contributed by atoms with Crippen LogP contribution in [0.2, 0.25) is 0 Å². The van der Waals surface area contributed by atoms with E-state index in [9.17, 15) is 4.79 Å². The third-order valence-electron chi connectivity index (χ3n) is 3.21. The molecule has 0 spiro atoms. The van der Waals surface area contributed by atoms with Crippen molar-refractivity contribution >= 4 is 34.7 Å². The fraction of sp³-hybridized carbons (Fsp3) is 0.238. The van der Waals surface area contributed by atoms with Gasteiger partial charge in [0.2, 0.25) is 0 Å². The van der Waals surface area contributed by atoms with Gasteiger partial charge in [0.15, 0.2) is 5.11 Å². The first kappa shape index (κ1) is 26.7. The van der Waals surface area contributed by atoms with Crippen LogP contribution in [0.25, 0.3) is 0 Å². The molecule has 0 fully saturated rings. The number of carbonyl (C=O) groups is 1. The van der Waals surface area contributed by atoms with Gasteiger partial charge in [-0.1, -0.05) is 6.58 Å². The Balaban J connectivity index is 0.000000981. The Hall–Kier alpha value is -2.35. The molecule has 0 unspecified atom stereocenters. The van der Waals surface area contributed by atoms with Crippen molar-refractivity contribution in [3.8, 4) is 11.5 Å². The molecule has 0 aromatic heterocycles. The SMILES string of the molecule is C=C(C)C(=O)O.CCOc1ccc(NC(=S)Nc2ccc(OCC)cc2)cc1.[Ti]. The topological polar surface area (TPSA) is 79.8 Å². The molecule has 0 amide bonds. The van der Waals surface area contributed by atoms with Gasteiger partial charge in [0.25, 0.3) is 0 Å². The first-order valence-corrected chi connectivity index (χ1v) is 9.19. The average molecular weight is 450 g/mol. The molecule has 0 bridgehead atoms. The van der Waals surface area contributed by atoms with Crippen molar-refractivity contribution in [3.63, 3.8) is 0 Å². The largest absolute Gasteiger partial charge is 0.494 e. The van der Waals surface area contributed by atoms with E-state index in [1.807, 2.05) is 62.4 Å². The van der Waals surface area contributed by atoms with Crippen LogP contribution in [-0.4, -0.2) is 29.4 Å². The van der Waals surface area contributed by atoms with Crippen molar-refractivity contribution in [2.24, 2.45) is 0 Å². The molecule has 3 N–H and O–H groups in total. The van der Waals surface area contributed by atoms with E-state index in [0.29, 0.717) is 18.3 Å². The van der Waals surface area contributed by atoms with Gasteiger partial charge in [0, 0.05) is 38.7 Å². The maximum Gasteiger partial charge on any atom is 0.330 e. The summed E-state index contributed by atoms with van der Waals surface area (Å²) >= 11 is 5.30. The maximum absolute atomic E-state index is 9.60. The van der Waals surface area contributed by atoms with E-state index in [1.165, 1.54) is 6.92 Å². The smallest absolute Gasteiger partial charge is 0.330 e. The van der Waals surface area contributed by atoms with Crippen LogP contribution >= 0.6 is 12.2 Å². The first-order valence-electron chi connectivity index (χ1n) is 8.78. The minimum absolute atomic E-state index is 0. The van der Waals surface area contributed by atoms with Gasteiger partial charge in [-0.15, -0.1) is 0 Å². The summed E-state index contributed by atoms with van der Waals surface area (Å²) in [6.07, 6.45) is 0. The molecule has 0 radical (unpaired) electrons. The average Bonchev–Trinajstić information content (AvgIpc) is 2.66. The van der Waals surface area contributed by atoms with Crippen LogP contribution in [-0.2, 0) is 26.5 Å². The van der Waals surface area contributed by atoms with Gasteiger partial charge < -0.3 is 25.2 Å². The zero-order valence-electron chi connectivity index (χ0n) is 16.8. The normalized spacial score (nSPS) is 9.07. The van der Waals surface area contributed by atoms with Crippen molar-refractivity contribution in [1.29, 1.82) is 0 Å². The van der Waals surface area contributed by atoms with Crippen molar-refractivity contribution in [3.05, 3.63) is 60.7 Å². The third-order valence-corrected chi connectivity index (χ3v) is 3.42. The van der Waals surface area contributed by atoms with E-state index in [1.54, 1.807) is 0 Å². The number of rotatable bonds is 7. The van der Waals surface area contributed by atoms with Crippen LogP contribution < -0.4 is 20.1 Å². The van der Waals surface area contributed by atoms with Crippen molar-refractivity contribution in [2.45, 2.75) is 20.8 Å². The molecular weight excluding hydrogens is 424 g/mol. The van der Waals surface area contributed by atoms with Gasteiger partial charge in [-0.3, -0.25) is 0 Å². The number of benzene rings is 2. The summed E-state index contributed by atoms with van der Waals surface area (Å²) in [5.74, 6) is 0.756. The standard InChI is InChI=1S/C17H20N2O2S.C4H6O2.Ti/c1-3-20-15-9-5-13(6-10-15)18-17(22)19-14-7-11-16(12-8-14)21-4-2;1-3(2)4(5)6;/h5-12H,3-4H2,1-2H3,(H2,18,19,22);1H2,2H3,(H,5,6);. The molecule has 0 aliphatic carbocycles. The quantitative estimate of drug-likeness (QED) is 0.313. The molecule has 0 atom stereocenters. The van der Waals surface area contributed by atoms with Crippen LogP contribution in [0, 0.1) is 0 Å². The van der Waals surface area contributed by atoms with Gasteiger partial charge in [-0.05, 0) is 81.5 Å². The summed E-state index contributed by atoms with van der Waals surface area (Å²) < 4.78 is 10.8. The third kappa shape index (κ3) is 11.3. The Labute approximate surface area is 192 Å². The molecule has 0 heterocycles. The number of hydrogen-bond acceptors (Lipinski definition) is 4. The Morgan fingerprint density at radius 3 is 1.48 bits per heavy atom. The van der Waals surface area contributed by atoms with E-state index in [0.717, 1.165) is 22.9 Å². The van der Waals surface area contributed by atoms with Gasteiger partial charge in [0.1, 0.15) is 11.5 Å². The minimum atomic E-state index is -0.935. The van der Waals surface area contributed by atoms with Crippen LogP contribution in [0.3, 0.4) is 0 Å². The monoisotopic (exact) mass is 450 g/mol. The van der Waals surface area contributed by atoms with Crippen LogP contribution in [0.4, 0.5) is 11.4 Å². The number of ether oxygens (including phenoxy) is 2. The Bertz CT molecular complexity index is 715. The summed E-state index contributed by atoms with van der Waals surface area (Å²) in [5.41, 5.74) is 1.99. The Kier molecular flexibility index (Phi) is 13.4. The first-order chi connectivity index (χ1) is 13.3. The van der Waals surface area contributed by atoms with E-state index < -0.39 is 5.97 Å². The van der Waals surface area contributed by atoms with Gasteiger partial charge in [-0.2, -0.15) is 0 Å². The molecule has 2 rings (SSSR count). The predicted octanol–water partition coefficient (Wildman–Crippen LogP) is 4.94. The molecule has 29 heavy (non-hydrogen) atoms. The van der Waals surface area contributed by atoms with Crippen LogP contribution in [0.1, 0.15) is 20.8 Å². The second-order valence-electron chi connectivity index (χ2n) is 5.58. The van der Waals surface area contributed by atoms with Crippen molar-refractivity contribution in [1.82, 2.24) is 0 Å². The molecule has 0 saturated carbocycles. The second-order valence-corrected chi connectivity index (χ2v) is 5.99. The summed E-state index contributed by atoms with van der Waals surface area (Å²) in [4.78, 5) is 9.60. The molecule has 0 saturated heterocycles. The number of aliphatic carboxylic acids is 1.